The fourth-order valence-electron chi connectivity index (χ4n) is 2.45. The van der Waals surface area contributed by atoms with Gasteiger partial charge in [0.1, 0.15) is 4.21 Å². The lowest BCUT2D eigenvalue weighted by molar-refractivity contribution is 0.376. The SMILES string of the molecule is CCNC(=NCCNS(=O)(=O)c1cccs1)N1CCSC(C)(C)C1. The van der Waals surface area contributed by atoms with Gasteiger partial charge in [-0.3, -0.25) is 4.99 Å². The minimum absolute atomic E-state index is 0.204. The maximum Gasteiger partial charge on any atom is 0.250 e. The molecule has 1 saturated heterocycles. The number of thioether (sulfide) groups is 1. The van der Waals surface area contributed by atoms with E-state index in [1.54, 1.807) is 17.5 Å². The number of sulfonamides is 1. The van der Waals surface area contributed by atoms with Crippen LogP contribution < -0.4 is 10.0 Å². The molecule has 0 bridgehead atoms. The summed E-state index contributed by atoms with van der Waals surface area (Å²) in [6, 6.07) is 3.34. The third-order valence-corrected chi connectivity index (χ3v) is 7.64. The first-order valence-corrected chi connectivity index (χ1v) is 11.4. The average Bonchev–Trinajstić information content (AvgIpc) is 3.04. The third-order valence-electron chi connectivity index (χ3n) is 3.49. The number of nitrogens with one attached hydrogen (secondary N) is 2. The molecule has 2 rings (SSSR count). The highest BCUT2D eigenvalue weighted by molar-refractivity contribution is 8.00. The molecule has 0 aliphatic carbocycles. The van der Waals surface area contributed by atoms with Crippen molar-refractivity contribution in [1.82, 2.24) is 14.9 Å². The normalized spacial score (nSPS) is 18.6. The number of hydrogen-bond donors (Lipinski definition) is 2. The van der Waals surface area contributed by atoms with Gasteiger partial charge >= 0.3 is 0 Å². The molecule has 1 aromatic rings. The van der Waals surface area contributed by atoms with Crippen molar-refractivity contribution in [3.05, 3.63) is 17.5 Å². The van der Waals surface area contributed by atoms with Gasteiger partial charge in [0.25, 0.3) is 0 Å². The van der Waals surface area contributed by atoms with Gasteiger partial charge in [-0.15, -0.1) is 11.3 Å². The lowest BCUT2D eigenvalue weighted by Gasteiger charge is -2.39. The lowest BCUT2D eigenvalue weighted by Crippen LogP contribution is -2.51. The molecule has 2 heterocycles. The molecule has 24 heavy (non-hydrogen) atoms. The van der Waals surface area contributed by atoms with Crippen LogP contribution >= 0.6 is 23.1 Å². The van der Waals surface area contributed by atoms with E-state index in [2.05, 4.69) is 33.8 Å². The van der Waals surface area contributed by atoms with Crippen LogP contribution in [0.3, 0.4) is 0 Å². The highest BCUT2D eigenvalue weighted by Gasteiger charge is 2.28. The van der Waals surface area contributed by atoms with Crippen molar-refractivity contribution in [2.75, 3.05) is 38.5 Å². The van der Waals surface area contributed by atoms with Crippen molar-refractivity contribution >= 4 is 39.1 Å². The number of guanidine groups is 1. The Balaban J connectivity index is 1.92. The molecule has 0 radical (unpaired) electrons. The predicted octanol–water partition coefficient (Wildman–Crippen LogP) is 1.82. The Bertz CT molecular complexity index is 642. The van der Waals surface area contributed by atoms with Gasteiger partial charge in [0, 0.05) is 36.7 Å². The number of thiophene rings is 1. The quantitative estimate of drug-likeness (QED) is 0.440. The zero-order valence-corrected chi connectivity index (χ0v) is 16.9. The van der Waals surface area contributed by atoms with E-state index in [0.29, 0.717) is 17.3 Å². The summed E-state index contributed by atoms with van der Waals surface area (Å²) in [5, 5.41) is 5.06. The Morgan fingerprint density at radius 2 is 2.25 bits per heavy atom. The van der Waals surface area contributed by atoms with Gasteiger partial charge in [-0.2, -0.15) is 11.8 Å². The van der Waals surface area contributed by atoms with Crippen LogP contribution in [0.4, 0.5) is 0 Å². The number of rotatable bonds is 6. The standard InChI is InChI=1S/C15H26N4O2S3/c1-4-16-14(19-9-11-23-15(2,3)12-19)17-7-8-18-24(20,21)13-6-5-10-22-13/h5-6,10,18H,4,7-9,11-12H2,1-3H3,(H,16,17). The van der Waals surface area contributed by atoms with Crippen molar-refractivity contribution in [1.29, 1.82) is 0 Å². The predicted molar refractivity (Wildman–Crippen MR) is 104 cm³/mol. The molecule has 1 aliphatic heterocycles. The highest BCUT2D eigenvalue weighted by atomic mass is 32.2. The molecule has 1 fully saturated rings. The van der Waals surface area contributed by atoms with Gasteiger partial charge < -0.3 is 10.2 Å². The Morgan fingerprint density at radius 1 is 1.46 bits per heavy atom. The van der Waals surface area contributed by atoms with Crippen LogP contribution in [0.15, 0.2) is 26.7 Å². The summed E-state index contributed by atoms with van der Waals surface area (Å²) in [4.78, 5) is 6.84. The van der Waals surface area contributed by atoms with Crippen LogP contribution in [-0.2, 0) is 10.0 Å². The molecule has 0 spiro atoms. The second kappa shape index (κ2) is 8.55. The van der Waals surface area contributed by atoms with Gasteiger partial charge in [0.15, 0.2) is 5.96 Å². The van der Waals surface area contributed by atoms with E-state index in [4.69, 9.17) is 0 Å². The first-order valence-electron chi connectivity index (χ1n) is 8.04. The summed E-state index contributed by atoms with van der Waals surface area (Å²) in [5.41, 5.74) is 0. The summed E-state index contributed by atoms with van der Waals surface area (Å²) in [6.07, 6.45) is 0. The molecule has 6 nitrogen and oxygen atoms in total. The minimum atomic E-state index is -3.41. The molecule has 0 atom stereocenters. The second-order valence-corrected chi connectivity index (χ2v) is 10.8. The number of hydrogen-bond acceptors (Lipinski definition) is 5. The monoisotopic (exact) mass is 390 g/mol. The van der Waals surface area contributed by atoms with E-state index in [1.165, 1.54) is 11.3 Å². The van der Waals surface area contributed by atoms with Crippen LogP contribution in [-0.4, -0.2) is 62.5 Å². The van der Waals surface area contributed by atoms with Crippen LogP contribution in [0.25, 0.3) is 0 Å². The van der Waals surface area contributed by atoms with Gasteiger partial charge in [-0.1, -0.05) is 6.07 Å². The zero-order valence-electron chi connectivity index (χ0n) is 14.4. The lowest BCUT2D eigenvalue weighted by atomic mass is 10.2. The Kier molecular flexibility index (Phi) is 6.97. The first kappa shape index (κ1) is 19.6. The molecule has 0 saturated carbocycles. The maximum absolute atomic E-state index is 12.1. The van der Waals surface area contributed by atoms with E-state index in [0.717, 1.165) is 31.3 Å². The average molecular weight is 391 g/mol. The molecule has 2 N–H and O–H groups in total. The molecule has 1 aliphatic rings. The molecule has 0 amide bonds. The number of nitrogens with zero attached hydrogens (tertiary/aromatic N) is 2. The highest BCUT2D eigenvalue weighted by Crippen LogP contribution is 2.29. The second-order valence-electron chi connectivity index (χ2n) is 6.10. The molecular weight excluding hydrogens is 364 g/mol. The molecule has 136 valence electrons. The van der Waals surface area contributed by atoms with Crippen molar-refractivity contribution in [2.24, 2.45) is 4.99 Å². The molecular formula is C15H26N4O2S3. The van der Waals surface area contributed by atoms with E-state index in [1.807, 2.05) is 18.7 Å². The van der Waals surface area contributed by atoms with Gasteiger partial charge in [-0.05, 0) is 32.2 Å². The largest absolute Gasteiger partial charge is 0.357 e. The maximum atomic E-state index is 12.1. The topological polar surface area (TPSA) is 73.8 Å². The summed E-state index contributed by atoms with van der Waals surface area (Å²) in [6.45, 7) is 9.91. The number of aliphatic imine (C=N–C) groups is 1. The van der Waals surface area contributed by atoms with Crippen molar-refractivity contribution in [3.8, 4) is 0 Å². The van der Waals surface area contributed by atoms with E-state index < -0.39 is 10.0 Å². The van der Waals surface area contributed by atoms with Gasteiger partial charge in [0.05, 0.1) is 6.54 Å². The van der Waals surface area contributed by atoms with Crippen molar-refractivity contribution in [3.63, 3.8) is 0 Å². The van der Waals surface area contributed by atoms with Crippen LogP contribution in [0.5, 0.6) is 0 Å². The van der Waals surface area contributed by atoms with Crippen LogP contribution in [0.1, 0.15) is 20.8 Å². The summed E-state index contributed by atoms with van der Waals surface area (Å²) >= 11 is 3.19. The summed E-state index contributed by atoms with van der Waals surface area (Å²) < 4.78 is 27.3. The molecule has 0 aromatic carbocycles. The van der Waals surface area contributed by atoms with E-state index >= 15 is 0 Å². The van der Waals surface area contributed by atoms with E-state index in [9.17, 15) is 8.42 Å². The Morgan fingerprint density at radius 3 is 2.88 bits per heavy atom. The minimum Gasteiger partial charge on any atom is -0.357 e. The van der Waals surface area contributed by atoms with Gasteiger partial charge in [-0.25, -0.2) is 13.1 Å². The van der Waals surface area contributed by atoms with Crippen molar-refractivity contribution < 1.29 is 8.42 Å². The van der Waals surface area contributed by atoms with Crippen molar-refractivity contribution in [2.45, 2.75) is 29.7 Å². The smallest absolute Gasteiger partial charge is 0.250 e. The molecule has 9 heteroatoms. The van der Waals surface area contributed by atoms with E-state index in [-0.39, 0.29) is 4.75 Å². The fourth-order valence-corrected chi connectivity index (χ4v) is 5.62. The summed E-state index contributed by atoms with van der Waals surface area (Å²) in [5.74, 6) is 1.93. The van der Waals surface area contributed by atoms with Crippen LogP contribution in [0, 0.1) is 0 Å². The Hall–Kier alpha value is -0.770. The Labute approximate surface area is 153 Å². The van der Waals surface area contributed by atoms with Gasteiger partial charge in [0.2, 0.25) is 10.0 Å². The zero-order chi connectivity index (χ0) is 17.6. The third kappa shape index (κ3) is 5.65. The summed E-state index contributed by atoms with van der Waals surface area (Å²) in [7, 11) is -3.41. The molecule has 0 unspecified atom stereocenters. The van der Waals surface area contributed by atoms with Crippen LogP contribution in [0.2, 0.25) is 0 Å². The first-order chi connectivity index (χ1) is 11.3. The molecule has 1 aromatic heterocycles. The fraction of sp³-hybridized carbons (Fsp3) is 0.667.